The van der Waals surface area contributed by atoms with E-state index in [-0.39, 0.29) is 11.0 Å². The summed E-state index contributed by atoms with van der Waals surface area (Å²) in [6.07, 6.45) is 3.47. The van der Waals surface area contributed by atoms with Gasteiger partial charge in [0.15, 0.2) is 10.1 Å². The lowest BCUT2D eigenvalue weighted by Gasteiger charge is -2.09. The number of carbonyl (C=O) groups excluding carboxylic acids is 1. The van der Waals surface area contributed by atoms with Crippen molar-refractivity contribution in [1.29, 1.82) is 0 Å². The molecule has 0 saturated carbocycles. The molecule has 0 amide bonds. The summed E-state index contributed by atoms with van der Waals surface area (Å²) in [6, 6.07) is 14.3. The lowest BCUT2D eigenvalue weighted by molar-refractivity contribution is 0.0994. The van der Waals surface area contributed by atoms with Crippen LogP contribution in [0.5, 0.6) is 0 Å². The Bertz CT molecular complexity index is 851. The van der Waals surface area contributed by atoms with Gasteiger partial charge in [0, 0.05) is 5.56 Å². The highest BCUT2D eigenvalue weighted by Crippen LogP contribution is 2.33. The smallest absolute Gasteiger partial charge is 0.175 e. The van der Waals surface area contributed by atoms with E-state index in [1.165, 1.54) is 22.2 Å². The molecule has 0 saturated heterocycles. The van der Waals surface area contributed by atoms with E-state index in [1.807, 2.05) is 31.2 Å². The van der Waals surface area contributed by atoms with Crippen molar-refractivity contribution in [1.82, 2.24) is 4.98 Å². The molecule has 0 bridgehead atoms. The topological polar surface area (TPSA) is 30.0 Å². The molecule has 2 nitrogen and oxygen atoms in total. The monoisotopic (exact) mass is 339 g/mol. The Morgan fingerprint density at radius 2 is 2.00 bits per heavy atom. The molecule has 0 spiro atoms. The Kier molecular flexibility index (Phi) is 3.95. The number of carbonyl (C=O) groups is 1. The van der Waals surface area contributed by atoms with Crippen LogP contribution >= 0.6 is 23.1 Å². The lowest BCUT2D eigenvalue weighted by atomic mass is 10.0. The average molecular weight is 339 g/mol. The maximum Gasteiger partial charge on any atom is 0.175 e. The molecular weight excluding hydrogens is 322 g/mol. The molecular formula is C19H17NOS2. The van der Waals surface area contributed by atoms with E-state index in [9.17, 15) is 4.79 Å². The van der Waals surface area contributed by atoms with Gasteiger partial charge in [-0.15, -0.1) is 11.3 Å². The molecule has 116 valence electrons. The van der Waals surface area contributed by atoms with Gasteiger partial charge in [-0.2, -0.15) is 0 Å². The van der Waals surface area contributed by atoms with Gasteiger partial charge in [-0.3, -0.25) is 4.79 Å². The van der Waals surface area contributed by atoms with E-state index in [2.05, 4.69) is 23.2 Å². The maximum absolute atomic E-state index is 12.7. The Morgan fingerprint density at radius 3 is 2.87 bits per heavy atom. The van der Waals surface area contributed by atoms with Gasteiger partial charge in [0.1, 0.15) is 0 Å². The normalized spacial score (nSPS) is 14.8. The van der Waals surface area contributed by atoms with Crippen LogP contribution in [0, 0.1) is 0 Å². The number of ketones is 1. The molecule has 0 N–H and O–H groups in total. The SMILES string of the molecule is C[C@H](Sc1nc2ccccc2s1)C(=O)c1ccc2c(c1)CCC2. The van der Waals surface area contributed by atoms with Gasteiger partial charge >= 0.3 is 0 Å². The molecule has 1 atom stereocenters. The highest BCUT2D eigenvalue weighted by molar-refractivity contribution is 8.02. The predicted octanol–water partition coefficient (Wildman–Crippen LogP) is 5.15. The van der Waals surface area contributed by atoms with Crippen LogP contribution < -0.4 is 0 Å². The van der Waals surface area contributed by atoms with Crippen molar-refractivity contribution in [3.8, 4) is 0 Å². The zero-order valence-electron chi connectivity index (χ0n) is 12.9. The van der Waals surface area contributed by atoms with Crippen LogP contribution in [0.3, 0.4) is 0 Å². The van der Waals surface area contributed by atoms with E-state index in [0.717, 1.165) is 28.3 Å². The Labute approximate surface area is 143 Å². The highest BCUT2D eigenvalue weighted by Gasteiger charge is 2.20. The largest absolute Gasteiger partial charge is 0.293 e. The molecule has 0 radical (unpaired) electrons. The first-order chi connectivity index (χ1) is 11.2. The summed E-state index contributed by atoms with van der Waals surface area (Å²) < 4.78 is 2.14. The van der Waals surface area contributed by atoms with Gasteiger partial charge in [0.25, 0.3) is 0 Å². The van der Waals surface area contributed by atoms with Crippen LogP contribution in [0.2, 0.25) is 0 Å². The first kappa shape index (κ1) is 14.9. The maximum atomic E-state index is 12.7. The molecule has 1 aliphatic rings. The van der Waals surface area contributed by atoms with Gasteiger partial charge in [0.05, 0.1) is 15.5 Å². The predicted molar refractivity (Wildman–Crippen MR) is 97.7 cm³/mol. The number of fused-ring (bicyclic) bond motifs is 2. The minimum atomic E-state index is -0.116. The van der Waals surface area contributed by atoms with E-state index in [4.69, 9.17) is 0 Å². The van der Waals surface area contributed by atoms with Gasteiger partial charge in [-0.1, -0.05) is 36.0 Å². The third-order valence-electron chi connectivity index (χ3n) is 4.30. The second-order valence-corrected chi connectivity index (χ2v) is 8.53. The van der Waals surface area contributed by atoms with Crippen LogP contribution in [0.4, 0.5) is 0 Å². The molecule has 3 aromatic rings. The van der Waals surface area contributed by atoms with Crippen LogP contribution in [-0.2, 0) is 12.8 Å². The molecule has 0 aliphatic heterocycles. The van der Waals surface area contributed by atoms with Crippen molar-refractivity contribution in [2.45, 2.75) is 35.8 Å². The zero-order valence-corrected chi connectivity index (χ0v) is 14.5. The van der Waals surface area contributed by atoms with Crippen LogP contribution in [0.15, 0.2) is 46.8 Å². The third kappa shape index (κ3) is 2.93. The van der Waals surface area contributed by atoms with E-state index >= 15 is 0 Å². The summed E-state index contributed by atoms with van der Waals surface area (Å²) in [5, 5.41) is -0.116. The number of benzene rings is 2. The third-order valence-corrected chi connectivity index (χ3v) is 6.53. The number of thiazole rings is 1. The first-order valence-electron chi connectivity index (χ1n) is 7.89. The number of rotatable bonds is 4. The van der Waals surface area contributed by atoms with E-state index in [0.29, 0.717) is 0 Å². The van der Waals surface area contributed by atoms with Gasteiger partial charge < -0.3 is 0 Å². The number of thioether (sulfide) groups is 1. The Balaban J connectivity index is 1.54. The quantitative estimate of drug-likeness (QED) is 0.486. The zero-order chi connectivity index (χ0) is 15.8. The fourth-order valence-corrected chi connectivity index (χ4v) is 5.35. The Hall–Kier alpha value is -1.65. The van der Waals surface area contributed by atoms with Crippen molar-refractivity contribution in [2.75, 3.05) is 0 Å². The van der Waals surface area contributed by atoms with Gasteiger partial charge in [0.2, 0.25) is 0 Å². The molecule has 23 heavy (non-hydrogen) atoms. The minimum absolute atomic E-state index is 0.116. The molecule has 0 unspecified atom stereocenters. The number of hydrogen-bond acceptors (Lipinski definition) is 4. The van der Waals surface area contributed by atoms with Gasteiger partial charge in [-0.25, -0.2) is 4.98 Å². The first-order valence-corrected chi connectivity index (χ1v) is 9.58. The van der Waals surface area contributed by atoms with Crippen LogP contribution in [0.1, 0.15) is 34.8 Å². The fourth-order valence-electron chi connectivity index (χ4n) is 3.07. The van der Waals surface area contributed by atoms with Crippen LogP contribution in [0.25, 0.3) is 10.2 Å². The van der Waals surface area contributed by atoms with E-state index in [1.54, 1.807) is 23.1 Å². The number of nitrogens with zero attached hydrogens (tertiary/aromatic N) is 1. The lowest BCUT2D eigenvalue weighted by Crippen LogP contribution is -2.13. The van der Waals surface area contributed by atoms with Crippen LogP contribution in [-0.4, -0.2) is 16.0 Å². The van der Waals surface area contributed by atoms with Crippen molar-refractivity contribution >= 4 is 39.1 Å². The van der Waals surface area contributed by atoms with Crippen molar-refractivity contribution in [3.05, 3.63) is 59.2 Å². The summed E-state index contributed by atoms with van der Waals surface area (Å²) in [5.41, 5.74) is 4.62. The number of hydrogen-bond donors (Lipinski definition) is 0. The molecule has 4 heteroatoms. The number of para-hydroxylation sites is 1. The number of Topliss-reactive ketones (excluding diaryl/α,β-unsaturated/α-hetero) is 1. The molecule has 0 fully saturated rings. The van der Waals surface area contributed by atoms with Crippen molar-refractivity contribution in [3.63, 3.8) is 0 Å². The fraction of sp³-hybridized carbons (Fsp3) is 0.263. The average Bonchev–Trinajstić information content (AvgIpc) is 3.18. The highest BCUT2D eigenvalue weighted by atomic mass is 32.2. The van der Waals surface area contributed by atoms with E-state index < -0.39 is 0 Å². The number of aromatic nitrogens is 1. The minimum Gasteiger partial charge on any atom is -0.293 e. The second-order valence-electron chi connectivity index (χ2n) is 5.91. The summed E-state index contributed by atoms with van der Waals surface area (Å²) in [6.45, 7) is 1.98. The summed E-state index contributed by atoms with van der Waals surface area (Å²) in [7, 11) is 0. The summed E-state index contributed by atoms with van der Waals surface area (Å²) in [4.78, 5) is 17.3. The van der Waals surface area contributed by atoms with Crippen molar-refractivity contribution in [2.24, 2.45) is 0 Å². The molecule has 4 rings (SSSR count). The number of aryl methyl sites for hydroxylation is 2. The molecule has 2 aromatic carbocycles. The molecule has 1 aliphatic carbocycles. The standard InChI is InChI=1S/C19H17NOS2/c1-12(22-19-20-16-7-2-3-8-17(16)23-19)18(21)15-10-9-13-5-4-6-14(13)11-15/h2-3,7-12H,4-6H2,1H3/t12-/m0/s1. The van der Waals surface area contributed by atoms with Crippen molar-refractivity contribution < 1.29 is 4.79 Å². The molecule has 1 aromatic heterocycles. The second kappa shape index (κ2) is 6.10. The summed E-state index contributed by atoms with van der Waals surface area (Å²) >= 11 is 3.22. The molecule has 1 heterocycles. The van der Waals surface area contributed by atoms with Gasteiger partial charge in [-0.05, 0) is 55.5 Å². The Morgan fingerprint density at radius 1 is 1.17 bits per heavy atom. The summed E-state index contributed by atoms with van der Waals surface area (Å²) in [5.74, 6) is 0.198.